The third-order valence-corrected chi connectivity index (χ3v) is 2.29. The van der Waals surface area contributed by atoms with Crippen molar-refractivity contribution in [3.63, 3.8) is 0 Å². The minimum absolute atomic E-state index is 0.0561. The summed E-state index contributed by atoms with van der Waals surface area (Å²) in [5.41, 5.74) is 5.39. The highest BCUT2D eigenvalue weighted by atomic mass is 16.4. The van der Waals surface area contributed by atoms with Crippen LogP contribution < -0.4 is 5.73 Å². The number of piperidine rings is 1. The fraction of sp³-hybridized carbons (Fsp3) is 0.857. The number of rotatable bonds is 1. The summed E-state index contributed by atoms with van der Waals surface area (Å²) >= 11 is 0. The van der Waals surface area contributed by atoms with Gasteiger partial charge in [0.2, 0.25) is 0 Å². The molecule has 1 fully saturated rings. The van der Waals surface area contributed by atoms with E-state index in [2.05, 4.69) is 0 Å². The smallest absolute Gasteiger partial charge is 0.407 e. The Morgan fingerprint density at radius 1 is 1.67 bits per heavy atom. The van der Waals surface area contributed by atoms with Gasteiger partial charge in [-0.15, -0.1) is 0 Å². The van der Waals surface area contributed by atoms with E-state index >= 15 is 0 Å². The molecule has 0 saturated carbocycles. The molecule has 5 nitrogen and oxygen atoms in total. The maximum absolute atomic E-state index is 10.5. The first-order chi connectivity index (χ1) is 5.65. The van der Waals surface area contributed by atoms with Crippen LogP contribution in [0.1, 0.15) is 6.42 Å². The van der Waals surface area contributed by atoms with Crippen molar-refractivity contribution in [1.82, 2.24) is 4.90 Å². The molecule has 4 N–H and O–H groups in total. The average Bonchev–Trinajstić information content (AvgIpc) is 2.04. The van der Waals surface area contributed by atoms with Crippen LogP contribution in [0.2, 0.25) is 0 Å². The third kappa shape index (κ3) is 1.86. The van der Waals surface area contributed by atoms with Crippen molar-refractivity contribution < 1.29 is 15.0 Å². The molecule has 1 aliphatic heterocycles. The summed E-state index contributed by atoms with van der Waals surface area (Å²) in [5.74, 6) is 0.0561. The van der Waals surface area contributed by atoms with Crippen molar-refractivity contribution in [2.45, 2.75) is 12.5 Å². The zero-order valence-corrected chi connectivity index (χ0v) is 6.81. The molecule has 0 bridgehead atoms. The van der Waals surface area contributed by atoms with Crippen LogP contribution in [0.4, 0.5) is 4.79 Å². The summed E-state index contributed by atoms with van der Waals surface area (Å²) < 4.78 is 0. The van der Waals surface area contributed by atoms with Crippen LogP contribution in [-0.2, 0) is 0 Å². The number of nitrogens with zero attached hydrogens (tertiary/aromatic N) is 1. The van der Waals surface area contributed by atoms with Crippen molar-refractivity contribution in [2.75, 3.05) is 19.6 Å². The lowest BCUT2D eigenvalue weighted by atomic mass is 9.94. The van der Waals surface area contributed by atoms with E-state index < -0.39 is 12.2 Å². The fourth-order valence-electron chi connectivity index (χ4n) is 1.43. The molecule has 2 atom stereocenters. The van der Waals surface area contributed by atoms with Crippen molar-refractivity contribution in [1.29, 1.82) is 0 Å². The first-order valence-electron chi connectivity index (χ1n) is 4.01. The Morgan fingerprint density at radius 3 is 2.75 bits per heavy atom. The maximum atomic E-state index is 10.5. The molecule has 0 spiro atoms. The molecule has 5 heteroatoms. The second kappa shape index (κ2) is 3.73. The van der Waals surface area contributed by atoms with Crippen molar-refractivity contribution in [2.24, 2.45) is 11.7 Å². The summed E-state index contributed by atoms with van der Waals surface area (Å²) in [7, 11) is 0. The van der Waals surface area contributed by atoms with E-state index in [-0.39, 0.29) is 12.5 Å². The predicted molar refractivity (Wildman–Crippen MR) is 42.8 cm³/mol. The highest BCUT2D eigenvalue weighted by Gasteiger charge is 2.28. The van der Waals surface area contributed by atoms with E-state index in [1.54, 1.807) is 0 Å². The van der Waals surface area contributed by atoms with Gasteiger partial charge < -0.3 is 20.8 Å². The molecule has 0 aromatic rings. The second-order valence-electron chi connectivity index (χ2n) is 3.08. The van der Waals surface area contributed by atoms with Crippen LogP contribution in [0.3, 0.4) is 0 Å². The summed E-state index contributed by atoms with van der Waals surface area (Å²) in [6.07, 6.45) is -0.909. The fourth-order valence-corrected chi connectivity index (χ4v) is 1.43. The van der Waals surface area contributed by atoms with E-state index in [1.807, 2.05) is 0 Å². The van der Waals surface area contributed by atoms with Crippen LogP contribution >= 0.6 is 0 Å². The van der Waals surface area contributed by atoms with Gasteiger partial charge in [0, 0.05) is 12.5 Å². The number of hydrogen-bond acceptors (Lipinski definition) is 3. The lowest BCUT2D eigenvalue weighted by Crippen LogP contribution is -2.48. The zero-order valence-electron chi connectivity index (χ0n) is 6.81. The number of aliphatic hydroxyl groups excluding tert-OH is 1. The lowest BCUT2D eigenvalue weighted by molar-refractivity contribution is 0.0280. The van der Waals surface area contributed by atoms with Gasteiger partial charge in [0.1, 0.15) is 0 Å². The van der Waals surface area contributed by atoms with Gasteiger partial charge in [-0.25, -0.2) is 4.79 Å². The van der Waals surface area contributed by atoms with Gasteiger partial charge in [-0.3, -0.25) is 0 Å². The number of amides is 1. The molecule has 0 aliphatic carbocycles. The molecular weight excluding hydrogens is 160 g/mol. The van der Waals surface area contributed by atoms with Crippen LogP contribution in [0.25, 0.3) is 0 Å². The summed E-state index contributed by atoms with van der Waals surface area (Å²) in [5, 5.41) is 18.0. The van der Waals surface area contributed by atoms with Gasteiger partial charge in [0.25, 0.3) is 0 Å². The monoisotopic (exact) mass is 174 g/mol. The van der Waals surface area contributed by atoms with E-state index in [1.165, 1.54) is 4.90 Å². The molecule has 0 aromatic carbocycles. The van der Waals surface area contributed by atoms with Gasteiger partial charge in [-0.05, 0) is 13.0 Å². The van der Waals surface area contributed by atoms with Gasteiger partial charge in [-0.1, -0.05) is 0 Å². The van der Waals surface area contributed by atoms with Gasteiger partial charge in [0.15, 0.2) is 0 Å². The molecule has 70 valence electrons. The first kappa shape index (κ1) is 9.28. The van der Waals surface area contributed by atoms with Crippen LogP contribution in [-0.4, -0.2) is 46.9 Å². The van der Waals surface area contributed by atoms with Crippen LogP contribution in [0.15, 0.2) is 0 Å². The predicted octanol–water partition coefficient (Wildman–Crippen LogP) is -0.694. The molecule has 1 heterocycles. The highest BCUT2D eigenvalue weighted by Crippen LogP contribution is 2.16. The van der Waals surface area contributed by atoms with Crippen molar-refractivity contribution in [3.8, 4) is 0 Å². The van der Waals surface area contributed by atoms with E-state index in [0.717, 1.165) is 0 Å². The topological polar surface area (TPSA) is 86.8 Å². The highest BCUT2D eigenvalue weighted by molar-refractivity contribution is 5.65. The normalized spacial score (nSPS) is 30.3. The van der Waals surface area contributed by atoms with E-state index in [0.29, 0.717) is 19.5 Å². The molecule has 1 amide bonds. The number of carbonyl (C=O) groups is 1. The Balaban J connectivity index is 2.46. The number of aliphatic hydroxyl groups is 1. The summed E-state index contributed by atoms with van der Waals surface area (Å²) in [6.45, 7) is 1.10. The average molecular weight is 174 g/mol. The number of β-amino-alcohol motifs (C(OH)–C–C–N with tert-alkyl or cyclic N) is 1. The largest absolute Gasteiger partial charge is 0.465 e. The molecule has 1 aliphatic rings. The minimum atomic E-state index is -0.968. The molecule has 0 aromatic heterocycles. The van der Waals surface area contributed by atoms with Gasteiger partial charge in [0.05, 0.1) is 12.6 Å². The number of hydrogen-bond donors (Lipinski definition) is 3. The maximum Gasteiger partial charge on any atom is 0.407 e. The Hall–Kier alpha value is -0.810. The standard InChI is InChI=1S/C7H14N2O3/c8-3-5-1-2-9(7(11)12)4-6(5)10/h5-6,10H,1-4,8H2,(H,11,12)/t5-,6-/m1/s1. The van der Waals surface area contributed by atoms with Crippen molar-refractivity contribution >= 4 is 6.09 Å². The first-order valence-corrected chi connectivity index (χ1v) is 4.01. The molecule has 12 heavy (non-hydrogen) atoms. The number of nitrogens with two attached hydrogens (primary N) is 1. The van der Waals surface area contributed by atoms with E-state index in [9.17, 15) is 9.90 Å². The van der Waals surface area contributed by atoms with Crippen molar-refractivity contribution in [3.05, 3.63) is 0 Å². The molecule has 0 radical (unpaired) electrons. The van der Waals surface area contributed by atoms with Gasteiger partial charge >= 0.3 is 6.09 Å². The quantitative estimate of drug-likeness (QED) is 0.491. The SMILES string of the molecule is NC[C@H]1CCN(C(=O)O)C[C@H]1O. The Bertz CT molecular complexity index is 174. The van der Waals surface area contributed by atoms with Crippen LogP contribution in [0.5, 0.6) is 0 Å². The van der Waals surface area contributed by atoms with Crippen LogP contribution in [0, 0.1) is 5.92 Å². The minimum Gasteiger partial charge on any atom is -0.465 e. The number of likely N-dealkylation sites (tertiary alicyclic amines) is 1. The molecule has 0 unspecified atom stereocenters. The molecule has 1 saturated heterocycles. The second-order valence-corrected chi connectivity index (χ2v) is 3.08. The zero-order chi connectivity index (χ0) is 9.14. The molecule has 1 rings (SSSR count). The molecular formula is C7H14N2O3. The lowest BCUT2D eigenvalue weighted by Gasteiger charge is -2.33. The Morgan fingerprint density at radius 2 is 2.33 bits per heavy atom. The number of carboxylic acid groups (broad SMARTS) is 1. The summed E-state index contributed by atoms with van der Waals surface area (Å²) in [6, 6.07) is 0. The third-order valence-electron chi connectivity index (χ3n) is 2.29. The van der Waals surface area contributed by atoms with E-state index in [4.69, 9.17) is 10.8 Å². The van der Waals surface area contributed by atoms with Gasteiger partial charge in [-0.2, -0.15) is 0 Å². The Kier molecular flexibility index (Phi) is 2.88. The Labute approximate surface area is 70.8 Å². The summed E-state index contributed by atoms with van der Waals surface area (Å²) in [4.78, 5) is 11.7.